The third-order valence-electron chi connectivity index (χ3n) is 13.1. The van der Waals surface area contributed by atoms with Crippen LogP contribution in [0.1, 0.15) is 228 Å². The van der Waals surface area contributed by atoms with Crippen LogP contribution >= 0.6 is 0 Å². The summed E-state index contributed by atoms with van der Waals surface area (Å²) in [5.74, 6) is 2.94. The van der Waals surface area contributed by atoms with Crippen LogP contribution in [0.15, 0.2) is 48.5 Å². The lowest BCUT2D eigenvalue weighted by Gasteiger charge is -2.44. The van der Waals surface area contributed by atoms with Crippen molar-refractivity contribution in [3.63, 3.8) is 0 Å². The monoisotopic (exact) mass is 861 g/mol. The van der Waals surface area contributed by atoms with Crippen molar-refractivity contribution in [1.82, 2.24) is 0 Å². The molecule has 348 valence electrons. The van der Waals surface area contributed by atoms with Crippen LogP contribution in [0, 0.1) is 23.7 Å². The van der Waals surface area contributed by atoms with Crippen LogP contribution in [0.2, 0.25) is 0 Å². The molecule has 0 aliphatic heterocycles. The van der Waals surface area contributed by atoms with Crippen LogP contribution in [-0.4, -0.2) is 37.1 Å². The molecule has 0 amide bonds. The maximum atomic E-state index is 12.5. The van der Waals surface area contributed by atoms with E-state index >= 15 is 0 Å². The van der Waals surface area contributed by atoms with Gasteiger partial charge in [-0.25, -0.2) is 9.59 Å². The van der Waals surface area contributed by atoms with Gasteiger partial charge < -0.3 is 18.9 Å². The van der Waals surface area contributed by atoms with Gasteiger partial charge in [-0.15, -0.1) is 0 Å². The molecule has 0 N–H and O–H groups in total. The Hall–Kier alpha value is -3.68. The Bertz CT molecular complexity index is 1500. The van der Waals surface area contributed by atoms with Gasteiger partial charge in [-0.2, -0.15) is 0 Å². The highest BCUT2D eigenvalue weighted by Crippen LogP contribution is 2.48. The molecule has 0 saturated heterocycles. The molecule has 3 rings (SSSR count). The smallest absolute Gasteiger partial charge is 0.338 e. The number of ether oxygens (including phenoxy) is 4. The van der Waals surface area contributed by atoms with Crippen molar-refractivity contribution in [2.24, 2.45) is 23.7 Å². The van der Waals surface area contributed by atoms with Gasteiger partial charge in [0.1, 0.15) is 11.5 Å². The zero-order valence-electron chi connectivity index (χ0n) is 39.4. The molecule has 4 atom stereocenters. The molecular formula is C54H84O8. The quantitative estimate of drug-likeness (QED) is 0.0389. The maximum absolute atomic E-state index is 12.5. The van der Waals surface area contributed by atoms with Gasteiger partial charge in [0.05, 0.1) is 24.3 Å². The summed E-state index contributed by atoms with van der Waals surface area (Å²) in [5.41, 5.74) is 0.938. The van der Waals surface area contributed by atoms with E-state index in [0.717, 1.165) is 49.4 Å². The fraction of sp³-hybridized carbons (Fsp3) is 0.704. The molecule has 1 aliphatic rings. The summed E-state index contributed by atoms with van der Waals surface area (Å²) in [6, 6.07) is 13.0. The van der Waals surface area contributed by atoms with Crippen molar-refractivity contribution in [2.75, 3.05) is 13.2 Å². The second-order valence-corrected chi connectivity index (χ2v) is 18.2. The highest BCUT2D eigenvalue weighted by molar-refractivity contribution is 5.90. The third kappa shape index (κ3) is 22.6. The molecule has 8 nitrogen and oxygen atoms in total. The molecule has 1 aliphatic carbocycles. The van der Waals surface area contributed by atoms with Crippen molar-refractivity contribution in [3.8, 4) is 11.5 Å². The second kappa shape index (κ2) is 32.9. The predicted octanol–water partition coefficient (Wildman–Crippen LogP) is 15.0. The van der Waals surface area contributed by atoms with E-state index in [-0.39, 0.29) is 23.9 Å². The van der Waals surface area contributed by atoms with Crippen molar-refractivity contribution in [3.05, 3.63) is 59.7 Å². The van der Waals surface area contributed by atoms with Crippen molar-refractivity contribution in [2.45, 2.75) is 207 Å². The van der Waals surface area contributed by atoms with E-state index in [2.05, 4.69) is 13.8 Å². The molecule has 2 aromatic rings. The number of carbonyl (C=O) groups excluding carboxylic acids is 4. The summed E-state index contributed by atoms with van der Waals surface area (Å²) in [6.45, 7) is 8.21. The lowest BCUT2D eigenvalue weighted by molar-refractivity contribution is -0.132. The minimum atomic E-state index is -0.385. The molecule has 0 spiro atoms. The fourth-order valence-corrected chi connectivity index (χ4v) is 9.72. The Labute approximate surface area is 376 Å². The molecule has 0 radical (unpaired) electrons. The van der Waals surface area contributed by atoms with Crippen LogP contribution in [-0.2, 0) is 19.1 Å². The predicted molar refractivity (Wildman–Crippen MR) is 251 cm³/mol. The molecule has 0 unspecified atom stereocenters. The Kier molecular flexibility index (Phi) is 28.0. The van der Waals surface area contributed by atoms with Crippen LogP contribution < -0.4 is 9.47 Å². The summed E-state index contributed by atoms with van der Waals surface area (Å²) >= 11 is 0. The zero-order valence-corrected chi connectivity index (χ0v) is 39.4. The van der Waals surface area contributed by atoms with Crippen molar-refractivity contribution >= 4 is 23.9 Å². The Morgan fingerprint density at radius 2 is 0.726 bits per heavy atom. The first kappa shape index (κ1) is 52.7. The van der Waals surface area contributed by atoms with Crippen LogP contribution in [0.3, 0.4) is 0 Å². The van der Waals surface area contributed by atoms with E-state index in [0.29, 0.717) is 35.8 Å². The zero-order chi connectivity index (χ0) is 44.6. The average Bonchev–Trinajstić information content (AvgIpc) is 3.25. The van der Waals surface area contributed by atoms with E-state index in [1.807, 2.05) is 0 Å². The summed E-state index contributed by atoms with van der Waals surface area (Å²) < 4.78 is 21.1. The first-order valence-electron chi connectivity index (χ1n) is 25.1. The highest BCUT2D eigenvalue weighted by atomic mass is 16.5. The SMILES string of the molecule is CCCCCCCC[C@@H]1[C@H](CCCCCC)CC[C@@H](CCCCCCCCOC(=O)c2ccc(OC(C)=O)cc2)[C@H]1CCCCCCCCOC(=O)c1ccc(OC(C)=O)cc1. The molecule has 1 fully saturated rings. The molecule has 8 heteroatoms. The number of hydrogen-bond donors (Lipinski definition) is 0. The number of unbranched alkanes of at least 4 members (excludes halogenated alkanes) is 18. The molecule has 1 saturated carbocycles. The molecule has 0 heterocycles. The largest absolute Gasteiger partial charge is 0.462 e. The van der Waals surface area contributed by atoms with E-state index in [9.17, 15) is 19.2 Å². The van der Waals surface area contributed by atoms with Gasteiger partial charge in [-0.3, -0.25) is 9.59 Å². The van der Waals surface area contributed by atoms with Gasteiger partial charge in [-0.1, -0.05) is 155 Å². The molecule has 2 aromatic carbocycles. The molecule has 0 aromatic heterocycles. The van der Waals surface area contributed by atoms with Gasteiger partial charge in [0.15, 0.2) is 0 Å². The van der Waals surface area contributed by atoms with Gasteiger partial charge >= 0.3 is 23.9 Å². The van der Waals surface area contributed by atoms with Crippen molar-refractivity contribution in [1.29, 1.82) is 0 Å². The Morgan fingerprint density at radius 1 is 0.419 bits per heavy atom. The van der Waals surface area contributed by atoms with E-state index in [4.69, 9.17) is 18.9 Å². The van der Waals surface area contributed by atoms with E-state index in [1.54, 1.807) is 48.5 Å². The molecule has 62 heavy (non-hydrogen) atoms. The topological polar surface area (TPSA) is 105 Å². The standard InChI is InChI=1S/C54H84O8/c1-5-7-9-11-17-23-29-51-45(27-21-10-8-6-2)31-32-46(28-22-16-12-14-19-25-41-59-53(57)47-33-37-49(38-34-47)61-43(3)55)52(51)30-24-18-13-15-20-26-42-60-54(58)48-35-39-50(40-36-48)62-44(4)56/h33-40,45-46,51-52H,5-32,41-42H2,1-4H3/t45-,46-,51-,52-/m1/s1. The number of hydrogen-bond acceptors (Lipinski definition) is 8. The highest BCUT2D eigenvalue weighted by Gasteiger charge is 2.37. The number of rotatable bonds is 34. The number of esters is 4. The maximum Gasteiger partial charge on any atom is 0.338 e. The van der Waals surface area contributed by atoms with Crippen LogP contribution in [0.25, 0.3) is 0 Å². The minimum absolute atomic E-state index is 0.333. The minimum Gasteiger partial charge on any atom is -0.462 e. The van der Waals surface area contributed by atoms with Crippen LogP contribution in [0.4, 0.5) is 0 Å². The van der Waals surface area contributed by atoms with Gasteiger partial charge in [0, 0.05) is 13.8 Å². The lowest BCUT2D eigenvalue weighted by atomic mass is 9.61. The second-order valence-electron chi connectivity index (χ2n) is 18.2. The summed E-state index contributed by atoms with van der Waals surface area (Å²) in [7, 11) is 0. The van der Waals surface area contributed by atoms with E-state index in [1.165, 1.54) is 168 Å². The van der Waals surface area contributed by atoms with Gasteiger partial charge in [0.2, 0.25) is 0 Å². The van der Waals surface area contributed by atoms with Crippen LogP contribution in [0.5, 0.6) is 11.5 Å². The Balaban J connectivity index is 1.42. The molecular weight excluding hydrogens is 777 g/mol. The summed E-state index contributed by atoms with van der Waals surface area (Å²) in [5, 5.41) is 0. The Morgan fingerprint density at radius 3 is 1.08 bits per heavy atom. The summed E-state index contributed by atoms with van der Waals surface area (Å²) in [6.07, 6.45) is 36.3. The first-order chi connectivity index (χ1) is 30.2. The number of carbonyl (C=O) groups is 4. The summed E-state index contributed by atoms with van der Waals surface area (Å²) in [4.78, 5) is 47.2. The van der Waals surface area contributed by atoms with Gasteiger partial charge in [0.25, 0.3) is 0 Å². The molecule has 0 bridgehead atoms. The fourth-order valence-electron chi connectivity index (χ4n) is 9.72. The van der Waals surface area contributed by atoms with Gasteiger partial charge in [-0.05, 0) is 111 Å². The van der Waals surface area contributed by atoms with E-state index < -0.39 is 0 Å². The normalized spacial score (nSPS) is 17.4. The average molecular weight is 861 g/mol. The first-order valence-corrected chi connectivity index (χ1v) is 25.1. The number of benzene rings is 2. The third-order valence-corrected chi connectivity index (χ3v) is 13.1. The lowest BCUT2D eigenvalue weighted by Crippen LogP contribution is -2.35. The van der Waals surface area contributed by atoms with Crippen molar-refractivity contribution < 1.29 is 38.1 Å².